The summed E-state index contributed by atoms with van der Waals surface area (Å²) in [6.45, 7) is 3.55. The predicted molar refractivity (Wildman–Crippen MR) is 90.0 cm³/mol. The van der Waals surface area contributed by atoms with Crippen LogP contribution in [0.2, 0.25) is 0 Å². The zero-order valence-electron chi connectivity index (χ0n) is 13.2. The van der Waals surface area contributed by atoms with Crippen molar-refractivity contribution in [3.05, 3.63) is 52.5 Å². The van der Waals surface area contributed by atoms with Crippen LogP contribution in [-0.4, -0.2) is 54.7 Å². The molecule has 2 aromatic rings. The second-order valence-electron chi connectivity index (χ2n) is 5.92. The van der Waals surface area contributed by atoms with Gasteiger partial charge in [-0.1, -0.05) is 30.3 Å². The van der Waals surface area contributed by atoms with Gasteiger partial charge in [-0.2, -0.15) is 0 Å². The third-order valence-corrected chi connectivity index (χ3v) is 4.73. The lowest BCUT2D eigenvalue weighted by molar-refractivity contribution is -0.0838. The van der Waals surface area contributed by atoms with Crippen LogP contribution in [0.4, 0.5) is 0 Å². The van der Waals surface area contributed by atoms with Crippen LogP contribution in [0.1, 0.15) is 16.6 Å². The Kier molecular flexibility index (Phi) is 5.20. The molecule has 118 valence electrons. The number of nitrogens with zero attached hydrogens (tertiary/aromatic N) is 3. The number of rotatable bonds is 5. The normalized spacial score (nSPS) is 23.0. The molecule has 0 spiro atoms. The maximum Gasteiger partial charge on any atom is 0.107 e. The lowest BCUT2D eigenvalue weighted by Crippen LogP contribution is -2.48. The highest BCUT2D eigenvalue weighted by Gasteiger charge is 2.34. The highest BCUT2D eigenvalue weighted by atomic mass is 32.1. The first-order chi connectivity index (χ1) is 10.7. The summed E-state index contributed by atoms with van der Waals surface area (Å²) in [4.78, 5) is 9.16. The number of ether oxygens (including phenoxy) is 1. The van der Waals surface area contributed by atoms with Crippen LogP contribution in [0.3, 0.4) is 0 Å². The molecule has 1 aliphatic rings. The summed E-state index contributed by atoms with van der Waals surface area (Å²) in [5.41, 5.74) is 1.32. The van der Waals surface area contributed by atoms with Crippen LogP contribution in [0.5, 0.6) is 0 Å². The zero-order valence-corrected chi connectivity index (χ0v) is 14.0. The molecule has 0 saturated carbocycles. The SMILES string of the molecule is CN(C)C[C@@H]1OCCN(Cc2nccs2)[C@H]1c1ccccc1. The Morgan fingerprint density at radius 3 is 2.82 bits per heavy atom. The average Bonchev–Trinajstić information content (AvgIpc) is 3.01. The molecule has 1 aromatic carbocycles. The van der Waals surface area contributed by atoms with Crippen LogP contribution in [0.15, 0.2) is 41.9 Å². The molecule has 1 aliphatic heterocycles. The molecule has 0 bridgehead atoms. The predicted octanol–water partition coefficient (Wildman–Crippen LogP) is 2.65. The van der Waals surface area contributed by atoms with Crippen molar-refractivity contribution in [1.29, 1.82) is 0 Å². The fourth-order valence-corrected chi connectivity index (χ4v) is 3.70. The minimum Gasteiger partial charge on any atom is -0.374 e. The molecule has 0 aliphatic carbocycles. The topological polar surface area (TPSA) is 28.6 Å². The lowest BCUT2D eigenvalue weighted by Gasteiger charge is -2.42. The summed E-state index contributed by atoms with van der Waals surface area (Å²) in [5.74, 6) is 0. The Bertz CT molecular complexity index is 559. The molecule has 3 rings (SSSR count). The van der Waals surface area contributed by atoms with Gasteiger partial charge in [0.15, 0.2) is 0 Å². The van der Waals surface area contributed by atoms with Gasteiger partial charge in [-0.25, -0.2) is 4.98 Å². The van der Waals surface area contributed by atoms with E-state index < -0.39 is 0 Å². The Morgan fingerprint density at radius 2 is 2.14 bits per heavy atom. The van der Waals surface area contributed by atoms with E-state index >= 15 is 0 Å². The summed E-state index contributed by atoms with van der Waals surface area (Å²) in [6, 6.07) is 11.0. The second-order valence-corrected chi connectivity index (χ2v) is 6.90. The molecule has 5 heteroatoms. The van der Waals surface area contributed by atoms with Gasteiger partial charge in [-0.15, -0.1) is 11.3 Å². The van der Waals surface area contributed by atoms with Crippen molar-refractivity contribution in [2.75, 3.05) is 33.8 Å². The highest BCUT2D eigenvalue weighted by Crippen LogP contribution is 2.31. The van der Waals surface area contributed by atoms with Crippen LogP contribution >= 0.6 is 11.3 Å². The Labute approximate surface area is 136 Å². The number of aromatic nitrogens is 1. The number of likely N-dealkylation sites (N-methyl/N-ethyl adjacent to an activating group) is 1. The Balaban J connectivity index is 1.85. The summed E-state index contributed by atoms with van der Waals surface area (Å²) in [7, 11) is 4.20. The number of morpholine rings is 1. The van der Waals surface area contributed by atoms with E-state index in [1.54, 1.807) is 11.3 Å². The van der Waals surface area contributed by atoms with Crippen molar-refractivity contribution in [3.63, 3.8) is 0 Å². The highest BCUT2D eigenvalue weighted by molar-refractivity contribution is 7.09. The molecule has 1 aromatic heterocycles. The summed E-state index contributed by atoms with van der Waals surface area (Å²) in [6.07, 6.45) is 2.07. The molecule has 22 heavy (non-hydrogen) atoms. The van der Waals surface area contributed by atoms with E-state index in [-0.39, 0.29) is 12.1 Å². The zero-order chi connectivity index (χ0) is 15.4. The number of hydrogen-bond donors (Lipinski definition) is 0. The molecule has 2 atom stereocenters. The Hall–Kier alpha value is -1.27. The van der Waals surface area contributed by atoms with E-state index in [0.717, 1.165) is 26.2 Å². The van der Waals surface area contributed by atoms with Gasteiger partial charge in [0.1, 0.15) is 5.01 Å². The van der Waals surface area contributed by atoms with E-state index in [9.17, 15) is 0 Å². The molecule has 2 heterocycles. The molecule has 1 fully saturated rings. The maximum absolute atomic E-state index is 6.10. The average molecular weight is 317 g/mol. The summed E-state index contributed by atoms with van der Waals surface area (Å²) in [5, 5.41) is 3.22. The van der Waals surface area contributed by atoms with Gasteiger partial charge in [-0.05, 0) is 19.7 Å². The fraction of sp³-hybridized carbons (Fsp3) is 0.471. The van der Waals surface area contributed by atoms with Crippen molar-refractivity contribution in [2.24, 2.45) is 0 Å². The first-order valence-corrected chi connectivity index (χ1v) is 8.55. The van der Waals surface area contributed by atoms with Crippen LogP contribution in [-0.2, 0) is 11.3 Å². The van der Waals surface area contributed by atoms with Crippen molar-refractivity contribution in [2.45, 2.75) is 18.7 Å². The van der Waals surface area contributed by atoms with Crippen molar-refractivity contribution in [1.82, 2.24) is 14.8 Å². The molecule has 0 unspecified atom stereocenters. The van der Waals surface area contributed by atoms with Gasteiger partial charge < -0.3 is 9.64 Å². The van der Waals surface area contributed by atoms with Gasteiger partial charge in [0.2, 0.25) is 0 Å². The van der Waals surface area contributed by atoms with Crippen LogP contribution < -0.4 is 0 Å². The number of hydrogen-bond acceptors (Lipinski definition) is 5. The third-order valence-electron chi connectivity index (χ3n) is 3.96. The summed E-state index contributed by atoms with van der Waals surface area (Å²) >= 11 is 1.72. The van der Waals surface area contributed by atoms with Crippen molar-refractivity contribution in [3.8, 4) is 0 Å². The van der Waals surface area contributed by atoms with Crippen LogP contribution in [0.25, 0.3) is 0 Å². The quantitative estimate of drug-likeness (QED) is 0.848. The van der Waals surface area contributed by atoms with E-state index in [1.807, 2.05) is 11.6 Å². The van der Waals surface area contributed by atoms with E-state index in [4.69, 9.17) is 4.74 Å². The molecular weight excluding hydrogens is 294 g/mol. The minimum atomic E-state index is 0.186. The summed E-state index contributed by atoms with van der Waals surface area (Å²) < 4.78 is 6.10. The van der Waals surface area contributed by atoms with Gasteiger partial charge in [0.05, 0.1) is 25.3 Å². The third kappa shape index (κ3) is 3.73. The van der Waals surface area contributed by atoms with Gasteiger partial charge >= 0.3 is 0 Å². The van der Waals surface area contributed by atoms with Crippen LogP contribution in [0, 0.1) is 0 Å². The molecular formula is C17H23N3OS. The largest absolute Gasteiger partial charge is 0.374 e. The molecule has 4 nitrogen and oxygen atoms in total. The monoisotopic (exact) mass is 317 g/mol. The number of benzene rings is 1. The fourth-order valence-electron chi connectivity index (χ4n) is 3.06. The van der Waals surface area contributed by atoms with E-state index in [1.165, 1.54) is 10.6 Å². The van der Waals surface area contributed by atoms with E-state index in [2.05, 4.69) is 59.2 Å². The molecule has 0 N–H and O–H groups in total. The van der Waals surface area contributed by atoms with Crippen molar-refractivity contribution < 1.29 is 4.74 Å². The molecule has 1 saturated heterocycles. The second kappa shape index (κ2) is 7.33. The molecule has 0 amide bonds. The lowest BCUT2D eigenvalue weighted by atomic mass is 9.97. The van der Waals surface area contributed by atoms with Gasteiger partial charge in [0.25, 0.3) is 0 Å². The first-order valence-electron chi connectivity index (χ1n) is 7.68. The van der Waals surface area contributed by atoms with E-state index in [0.29, 0.717) is 0 Å². The number of thiazole rings is 1. The smallest absolute Gasteiger partial charge is 0.107 e. The first kappa shape index (κ1) is 15.6. The standard InChI is InChI=1S/C17H23N3OS/c1-19(2)12-15-17(14-6-4-3-5-7-14)20(9-10-21-15)13-16-18-8-11-22-16/h3-8,11,15,17H,9-10,12-13H2,1-2H3/t15-,17-/m0/s1. The maximum atomic E-state index is 6.10. The minimum absolute atomic E-state index is 0.186. The van der Waals surface area contributed by atoms with Gasteiger partial charge in [-0.3, -0.25) is 4.90 Å². The Morgan fingerprint density at radius 1 is 1.32 bits per heavy atom. The van der Waals surface area contributed by atoms with Crippen molar-refractivity contribution >= 4 is 11.3 Å². The molecule has 0 radical (unpaired) electrons. The van der Waals surface area contributed by atoms with Gasteiger partial charge in [0, 0.05) is 24.7 Å².